The Morgan fingerprint density at radius 2 is 1.44 bits per heavy atom. The molecule has 2 N–H and O–H groups in total. The van der Waals surface area contributed by atoms with Crippen LogP contribution < -0.4 is 10.6 Å². The summed E-state index contributed by atoms with van der Waals surface area (Å²) in [5.41, 5.74) is 2.33. The first-order valence-electron chi connectivity index (χ1n) is 12.3. The predicted molar refractivity (Wildman–Crippen MR) is 153 cm³/mol. The Morgan fingerprint density at radius 1 is 0.692 bits per heavy atom. The van der Waals surface area contributed by atoms with Crippen molar-refractivity contribution >= 4 is 46.2 Å². The lowest BCUT2D eigenvalue weighted by Crippen LogP contribution is -2.30. The van der Waals surface area contributed by atoms with E-state index in [1.165, 1.54) is 12.3 Å². The number of hydrogen-bond donors (Lipinski definition) is 2. The summed E-state index contributed by atoms with van der Waals surface area (Å²) in [5, 5.41) is 7.59. The molecule has 4 aromatic carbocycles. The first kappa shape index (κ1) is 25.2. The van der Waals surface area contributed by atoms with Gasteiger partial charge in [0.05, 0.1) is 6.26 Å². The Morgan fingerprint density at radius 3 is 2.21 bits per heavy atom. The van der Waals surface area contributed by atoms with Crippen molar-refractivity contribution in [3.8, 4) is 0 Å². The maximum absolute atomic E-state index is 13.1. The highest BCUT2D eigenvalue weighted by atomic mass is 16.3. The molecule has 0 unspecified atom stereocenters. The summed E-state index contributed by atoms with van der Waals surface area (Å²) in [7, 11) is 0. The zero-order valence-corrected chi connectivity index (χ0v) is 20.8. The monoisotopic (exact) mass is 512 g/mol. The number of fused-ring (bicyclic) bond motifs is 1. The minimum absolute atomic E-state index is 0.0111. The number of carbonyl (C=O) groups is 3. The van der Waals surface area contributed by atoms with E-state index in [0.29, 0.717) is 22.6 Å². The fourth-order valence-electron chi connectivity index (χ4n) is 4.03. The molecule has 0 saturated heterocycles. The molecule has 0 aliphatic heterocycles. The SMILES string of the molecule is O=C(Nc1ccc(C(=O)/C=C/c2cccc3ccccc23)cc1)/C(=C/c1ccco1)NC(=O)c1ccccc1. The molecule has 6 nitrogen and oxygen atoms in total. The molecule has 0 bridgehead atoms. The van der Waals surface area contributed by atoms with E-state index < -0.39 is 11.8 Å². The number of ketones is 1. The molecule has 5 aromatic rings. The van der Waals surface area contributed by atoms with Gasteiger partial charge in [-0.25, -0.2) is 0 Å². The minimum atomic E-state index is -0.536. The number of nitrogens with one attached hydrogen (secondary N) is 2. The van der Waals surface area contributed by atoms with Crippen LogP contribution in [0.3, 0.4) is 0 Å². The zero-order valence-electron chi connectivity index (χ0n) is 20.8. The number of anilines is 1. The second-order valence-corrected chi connectivity index (χ2v) is 8.69. The van der Waals surface area contributed by atoms with E-state index in [2.05, 4.69) is 10.6 Å². The zero-order chi connectivity index (χ0) is 27.0. The first-order chi connectivity index (χ1) is 19.1. The molecule has 0 spiro atoms. The molecule has 0 saturated carbocycles. The molecule has 0 atom stereocenters. The van der Waals surface area contributed by atoms with Gasteiger partial charge >= 0.3 is 0 Å². The van der Waals surface area contributed by atoms with Gasteiger partial charge < -0.3 is 15.1 Å². The lowest BCUT2D eigenvalue weighted by atomic mass is 10.0. The standard InChI is InChI=1S/C33H24N2O4/c36-31(20-17-24-12-6-11-23-8-4-5-14-29(23)24)25-15-18-27(19-16-25)34-33(38)30(22-28-13-7-21-39-28)35-32(37)26-9-2-1-3-10-26/h1-22H,(H,34,38)(H,35,37)/b20-17+,30-22-. The highest BCUT2D eigenvalue weighted by Gasteiger charge is 2.16. The van der Waals surface area contributed by atoms with E-state index in [-0.39, 0.29) is 11.5 Å². The van der Waals surface area contributed by atoms with Crippen LogP contribution in [-0.2, 0) is 4.79 Å². The van der Waals surface area contributed by atoms with Gasteiger partial charge in [-0.15, -0.1) is 0 Å². The fourth-order valence-corrected chi connectivity index (χ4v) is 4.03. The third kappa shape index (κ3) is 6.26. The van der Waals surface area contributed by atoms with Gasteiger partial charge in [-0.2, -0.15) is 0 Å². The molecular formula is C33H24N2O4. The topological polar surface area (TPSA) is 88.4 Å². The average molecular weight is 513 g/mol. The van der Waals surface area contributed by atoms with Gasteiger partial charge in [0, 0.05) is 22.9 Å². The van der Waals surface area contributed by atoms with Crippen molar-refractivity contribution in [1.29, 1.82) is 0 Å². The summed E-state index contributed by atoms with van der Waals surface area (Å²) in [6.07, 6.45) is 6.27. The normalized spacial score (nSPS) is 11.4. The molecule has 6 heteroatoms. The lowest BCUT2D eigenvalue weighted by Gasteiger charge is -2.11. The summed E-state index contributed by atoms with van der Waals surface area (Å²) in [6, 6.07) is 32.5. The number of hydrogen-bond acceptors (Lipinski definition) is 4. The number of allylic oxidation sites excluding steroid dienone is 1. The predicted octanol–water partition coefficient (Wildman–Crippen LogP) is 6.74. The lowest BCUT2D eigenvalue weighted by molar-refractivity contribution is -0.113. The molecule has 0 aliphatic rings. The molecule has 0 fully saturated rings. The maximum Gasteiger partial charge on any atom is 0.272 e. The van der Waals surface area contributed by atoms with Gasteiger partial charge in [0.1, 0.15) is 11.5 Å². The first-order valence-corrected chi connectivity index (χ1v) is 12.3. The maximum atomic E-state index is 13.1. The van der Waals surface area contributed by atoms with Gasteiger partial charge in [-0.3, -0.25) is 14.4 Å². The average Bonchev–Trinajstić information content (AvgIpc) is 3.49. The van der Waals surface area contributed by atoms with Gasteiger partial charge in [-0.1, -0.05) is 66.7 Å². The molecular weight excluding hydrogens is 488 g/mol. The minimum Gasteiger partial charge on any atom is -0.465 e. The molecule has 1 aromatic heterocycles. The number of benzene rings is 4. The number of furan rings is 1. The van der Waals surface area contributed by atoms with Gasteiger partial charge in [-0.05, 0) is 70.9 Å². The van der Waals surface area contributed by atoms with Gasteiger partial charge in [0.2, 0.25) is 0 Å². The Hall–Kier alpha value is -5.49. The largest absolute Gasteiger partial charge is 0.465 e. The van der Waals surface area contributed by atoms with Crippen molar-refractivity contribution in [3.63, 3.8) is 0 Å². The third-order valence-electron chi connectivity index (χ3n) is 6.02. The van der Waals surface area contributed by atoms with Crippen molar-refractivity contribution in [3.05, 3.63) is 150 Å². The summed E-state index contributed by atoms with van der Waals surface area (Å²) in [4.78, 5) is 38.6. The smallest absolute Gasteiger partial charge is 0.272 e. The van der Waals surface area contributed by atoms with Gasteiger partial charge in [0.15, 0.2) is 5.78 Å². The van der Waals surface area contributed by atoms with E-state index in [1.54, 1.807) is 72.8 Å². The van der Waals surface area contributed by atoms with Crippen LogP contribution in [0, 0.1) is 0 Å². The Labute approximate surface area is 225 Å². The molecule has 190 valence electrons. The van der Waals surface area contributed by atoms with E-state index in [1.807, 2.05) is 48.5 Å². The van der Waals surface area contributed by atoms with Crippen LogP contribution in [0.1, 0.15) is 32.0 Å². The number of carbonyl (C=O) groups excluding carboxylic acids is 3. The highest BCUT2D eigenvalue weighted by Crippen LogP contribution is 2.20. The van der Waals surface area contributed by atoms with Crippen molar-refractivity contribution in [2.24, 2.45) is 0 Å². The van der Waals surface area contributed by atoms with Crippen LogP contribution in [0.25, 0.3) is 22.9 Å². The molecule has 1 heterocycles. The van der Waals surface area contributed by atoms with Crippen molar-refractivity contribution in [2.75, 3.05) is 5.32 Å². The van der Waals surface area contributed by atoms with E-state index in [4.69, 9.17) is 4.42 Å². The van der Waals surface area contributed by atoms with Crippen LogP contribution in [0.4, 0.5) is 5.69 Å². The molecule has 2 amide bonds. The number of rotatable bonds is 8. The quantitative estimate of drug-likeness (QED) is 0.178. The van der Waals surface area contributed by atoms with Crippen molar-refractivity contribution in [1.82, 2.24) is 5.32 Å². The van der Waals surface area contributed by atoms with Crippen LogP contribution in [0.15, 0.2) is 132 Å². The number of amides is 2. The summed E-state index contributed by atoms with van der Waals surface area (Å²) < 4.78 is 5.32. The molecule has 0 radical (unpaired) electrons. The molecule has 0 aliphatic carbocycles. The van der Waals surface area contributed by atoms with E-state index >= 15 is 0 Å². The van der Waals surface area contributed by atoms with Crippen LogP contribution >= 0.6 is 0 Å². The van der Waals surface area contributed by atoms with Crippen LogP contribution in [0.2, 0.25) is 0 Å². The van der Waals surface area contributed by atoms with Crippen LogP contribution in [-0.4, -0.2) is 17.6 Å². The highest BCUT2D eigenvalue weighted by molar-refractivity contribution is 6.11. The third-order valence-corrected chi connectivity index (χ3v) is 6.02. The summed E-state index contributed by atoms with van der Waals surface area (Å²) in [6.45, 7) is 0. The second-order valence-electron chi connectivity index (χ2n) is 8.69. The fraction of sp³-hybridized carbons (Fsp3) is 0. The second kappa shape index (κ2) is 11.7. The molecule has 5 rings (SSSR count). The summed E-state index contributed by atoms with van der Waals surface area (Å²) >= 11 is 0. The Balaban J connectivity index is 1.29. The van der Waals surface area contributed by atoms with Crippen LogP contribution in [0.5, 0.6) is 0 Å². The Kier molecular flexibility index (Phi) is 7.56. The van der Waals surface area contributed by atoms with Crippen molar-refractivity contribution in [2.45, 2.75) is 0 Å². The molecule has 39 heavy (non-hydrogen) atoms. The Bertz CT molecular complexity index is 1680. The van der Waals surface area contributed by atoms with Gasteiger partial charge in [0.25, 0.3) is 11.8 Å². The summed E-state index contributed by atoms with van der Waals surface area (Å²) in [5.74, 6) is -0.713. The van der Waals surface area contributed by atoms with E-state index in [0.717, 1.165) is 16.3 Å². The van der Waals surface area contributed by atoms with Crippen molar-refractivity contribution < 1.29 is 18.8 Å². The van der Waals surface area contributed by atoms with E-state index in [9.17, 15) is 14.4 Å².